The van der Waals surface area contributed by atoms with E-state index in [4.69, 9.17) is 11.6 Å². The first-order valence-electron chi connectivity index (χ1n) is 6.18. The third kappa shape index (κ3) is 5.32. The highest BCUT2D eigenvalue weighted by atomic mass is 35.5. The second kappa shape index (κ2) is 8.44. The van der Waals surface area contributed by atoms with Gasteiger partial charge in [-0.25, -0.2) is 0 Å². The number of carbonyl (C=O) groups is 1. The zero-order valence-electron chi connectivity index (χ0n) is 11.0. The molecule has 0 spiro atoms. The molecular formula is C14H20ClNOS. The lowest BCUT2D eigenvalue weighted by Gasteiger charge is -2.22. The zero-order valence-corrected chi connectivity index (χ0v) is 12.6. The van der Waals surface area contributed by atoms with E-state index in [1.807, 2.05) is 35.4 Å². The lowest BCUT2D eigenvalue weighted by molar-refractivity contribution is -0.129. The maximum Gasteiger partial charge on any atom is 0.232 e. The summed E-state index contributed by atoms with van der Waals surface area (Å²) in [5.74, 6) is 0.750. The van der Waals surface area contributed by atoms with Crippen LogP contribution in [0.2, 0.25) is 5.02 Å². The minimum atomic E-state index is 0.205. The number of hydrogen-bond donors (Lipinski definition) is 0. The molecule has 0 atom stereocenters. The SMILES string of the molecule is CCCCN(Cc1cccc(Cl)c1)C(=O)CSC. The number of thioether (sulfide) groups is 1. The quantitative estimate of drug-likeness (QED) is 0.759. The molecule has 0 aliphatic heterocycles. The molecule has 2 nitrogen and oxygen atoms in total. The van der Waals surface area contributed by atoms with E-state index in [2.05, 4.69) is 6.92 Å². The molecule has 0 aliphatic carbocycles. The summed E-state index contributed by atoms with van der Waals surface area (Å²) in [6, 6.07) is 7.71. The fourth-order valence-electron chi connectivity index (χ4n) is 1.71. The van der Waals surface area contributed by atoms with Gasteiger partial charge in [0.15, 0.2) is 0 Å². The lowest BCUT2D eigenvalue weighted by Crippen LogP contribution is -2.32. The molecule has 0 bridgehead atoms. The van der Waals surface area contributed by atoms with Crippen LogP contribution in [0.25, 0.3) is 0 Å². The first-order valence-corrected chi connectivity index (χ1v) is 7.95. The molecule has 0 heterocycles. The van der Waals surface area contributed by atoms with E-state index in [1.165, 1.54) is 0 Å². The predicted molar refractivity (Wildman–Crippen MR) is 80.2 cm³/mol. The van der Waals surface area contributed by atoms with Crippen molar-refractivity contribution in [2.45, 2.75) is 26.3 Å². The van der Waals surface area contributed by atoms with E-state index < -0.39 is 0 Å². The number of nitrogens with zero attached hydrogens (tertiary/aromatic N) is 1. The highest BCUT2D eigenvalue weighted by Gasteiger charge is 2.12. The molecule has 0 aromatic heterocycles. The van der Waals surface area contributed by atoms with Crippen molar-refractivity contribution in [3.63, 3.8) is 0 Å². The van der Waals surface area contributed by atoms with Gasteiger partial charge in [0, 0.05) is 18.1 Å². The molecule has 1 amide bonds. The largest absolute Gasteiger partial charge is 0.338 e. The normalized spacial score (nSPS) is 10.4. The molecule has 0 saturated carbocycles. The molecular weight excluding hydrogens is 266 g/mol. The number of hydrogen-bond acceptors (Lipinski definition) is 2. The Hall–Kier alpha value is -0.670. The van der Waals surface area contributed by atoms with Crippen LogP contribution in [0.4, 0.5) is 0 Å². The van der Waals surface area contributed by atoms with Gasteiger partial charge in [-0.05, 0) is 30.4 Å². The molecule has 0 aliphatic rings. The smallest absolute Gasteiger partial charge is 0.232 e. The van der Waals surface area contributed by atoms with E-state index in [9.17, 15) is 4.79 Å². The van der Waals surface area contributed by atoms with Crippen LogP contribution in [-0.4, -0.2) is 29.4 Å². The van der Waals surface area contributed by atoms with E-state index in [1.54, 1.807) is 11.8 Å². The Kier molecular flexibility index (Phi) is 7.21. The van der Waals surface area contributed by atoms with Crippen LogP contribution < -0.4 is 0 Å². The third-order valence-corrected chi connectivity index (χ3v) is 3.44. The topological polar surface area (TPSA) is 20.3 Å². The molecule has 100 valence electrons. The minimum Gasteiger partial charge on any atom is -0.338 e. The number of rotatable bonds is 7. The van der Waals surface area contributed by atoms with Crippen LogP contribution in [0.5, 0.6) is 0 Å². The van der Waals surface area contributed by atoms with Crippen molar-refractivity contribution in [3.8, 4) is 0 Å². The molecule has 0 saturated heterocycles. The van der Waals surface area contributed by atoms with Gasteiger partial charge >= 0.3 is 0 Å². The molecule has 0 unspecified atom stereocenters. The van der Waals surface area contributed by atoms with E-state index in [0.29, 0.717) is 12.3 Å². The second-order valence-electron chi connectivity index (χ2n) is 4.23. The van der Waals surface area contributed by atoms with E-state index in [-0.39, 0.29) is 5.91 Å². The van der Waals surface area contributed by atoms with Crippen molar-refractivity contribution in [2.75, 3.05) is 18.6 Å². The summed E-state index contributed by atoms with van der Waals surface area (Å²) in [6.45, 7) is 3.61. The predicted octanol–water partition coefficient (Wildman–Crippen LogP) is 3.83. The molecule has 0 fully saturated rings. The summed E-state index contributed by atoms with van der Waals surface area (Å²) in [5, 5.41) is 0.722. The minimum absolute atomic E-state index is 0.205. The summed E-state index contributed by atoms with van der Waals surface area (Å²) in [4.78, 5) is 13.9. The highest BCUT2D eigenvalue weighted by molar-refractivity contribution is 7.99. The summed E-state index contributed by atoms with van der Waals surface area (Å²) in [7, 11) is 0. The Labute approximate surface area is 119 Å². The number of benzene rings is 1. The Bertz CT molecular complexity index is 384. The van der Waals surface area contributed by atoms with Crippen molar-refractivity contribution in [1.82, 2.24) is 4.90 Å². The molecule has 18 heavy (non-hydrogen) atoms. The van der Waals surface area contributed by atoms with Crippen LogP contribution in [-0.2, 0) is 11.3 Å². The van der Waals surface area contributed by atoms with Crippen LogP contribution in [0.3, 0.4) is 0 Å². The molecule has 1 aromatic rings. The van der Waals surface area contributed by atoms with Crippen molar-refractivity contribution in [2.24, 2.45) is 0 Å². The fraction of sp³-hybridized carbons (Fsp3) is 0.500. The number of amides is 1. The van der Waals surface area contributed by atoms with Crippen LogP contribution in [0, 0.1) is 0 Å². The molecule has 1 rings (SSSR count). The van der Waals surface area contributed by atoms with Gasteiger partial charge in [0.1, 0.15) is 0 Å². The van der Waals surface area contributed by atoms with Crippen LogP contribution in [0.15, 0.2) is 24.3 Å². The van der Waals surface area contributed by atoms with Gasteiger partial charge in [-0.1, -0.05) is 37.1 Å². The standard InChI is InChI=1S/C14H20ClNOS/c1-3-4-8-16(14(17)11-18-2)10-12-6-5-7-13(15)9-12/h5-7,9H,3-4,8,10-11H2,1-2H3. The number of carbonyl (C=O) groups excluding carboxylic acids is 1. The first-order chi connectivity index (χ1) is 8.67. The fourth-order valence-corrected chi connectivity index (χ4v) is 2.35. The Morgan fingerprint density at radius 1 is 1.44 bits per heavy atom. The van der Waals surface area contributed by atoms with Crippen molar-refractivity contribution in [1.29, 1.82) is 0 Å². The second-order valence-corrected chi connectivity index (χ2v) is 5.53. The van der Waals surface area contributed by atoms with Gasteiger partial charge in [0.25, 0.3) is 0 Å². The van der Waals surface area contributed by atoms with E-state index in [0.717, 1.165) is 30.0 Å². The molecule has 0 radical (unpaired) electrons. The van der Waals surface area contributed by atoms with Gasteiger partial charge in [0.2, 0.25) is 5.91 Å². The van der Waals surface area contributed by atoms with Gasteiger partial charge < -0.3 is 4.90 Å². The van der Waals surface area contributed by atoms with Gasteiger partial charge in [-0.3, -0.25) is 4.79 Å². The van der Waals surface area contributed by atoms with Gasteiger partial charge in [0.05, 0.1) is 5.75 Å². The molecule has 0 N–H and O–H groups in total. The Morgan fingerprint density at radius 3 is 2.83 bits per heavy atom. The summed E-state index contributed by atoms with van der Waals surface area (Å²) in [5.41, 5.74) is 1.09. The molecule has 4 heteroatoms. The summed E-state index contributed by atoms with van der Waals surface area (Å²) >= 11 is 7.53. The number of halogens is 1. The maximum absolute atomic E-state index is 12.0. The average molecular weight is 286 g/mol. The monoisotopic (exact) mass is 285 g/mol. The molecule has 1 aromatic carbocycles. The van der Waals surface area contributed by atoms with E-state index >= 15 is 0 Å². The van der Waals surface area contributed by atoms with Gasteiger partial charge in [-0.15, -0.1) is 0 Å². The Morgan fingerprint density at radius 2 is 2.22 bits per heavy atom. The van der Waals surface area contributed by atoms with Crippen molar-refractivity contribution in [3.05, 3.63) is 34.9 Å². The van der Waals surface area contributed by atoms with Crippen LogP contribution >= 0.6 is 23.4 Å². The third-order valence-electron chi connectivity index (χ3n) is 2.66. The number of unbranched alkanes of at least 4 members (excludes halogenated alkanes) is 1. The van der Waals surface area contributed by atoms with Crippen molar-refractivity contribution < 1.29 is 4.79 Å². The summed E-state index contributed by atoms with van der Waals surface area (Å²) < 4.78 is 0. The summed E-state index contributed by atoms with van der Waals surface area (Å²) in [6.07, 6.45) is 4.09. The lowest BCUT2D eigenvalue weighted by atomic mass is 10.2. The Balaban J connectivity index is 2.68. The zero-order chi connectivity index (χ0) is 13.4. The van der Waals surface area contributed by atoms with Crippen molar-refractivity contribution >= 4 is 29.3 Å². The van der Waals surface area contributed by atoms with Crippen LogP contribution in [0.1, 0.15) is 25.3 Å². The van der Waals surface area contributed by atoms with Gasteiger partial charge in [-0.2, -0.15) is 11.8 Å². The first kappa shape index (κ1) is 15.4. The highest BCUT2D eigenvalue weighted by Crippen LogP contribution is 2.14. The maximum atomic E-state index is 12.0. The average Bonchev–Trinajstić information content (AvgIpc) is 2.34.